The minimum absolute atomic E-state index is 0.119. The summed E-state index contributed by atoms with van der Waals surface area (Å²) in [5.74, 6) is -0.711. The molecule has 34 heavy (non-hydrogen) atoms. The summed E-state index contributed by atoms with van der Waals surface area (Å²) >= 11 is 6.28. The van der Waals surface area contributed by atoms with Crippen molar-refractivity contribution in [2.45, 2.75) is 13.0 Å². The van der Waals surface area contributed by atoms with E-state index in [0.717, 1.165) is 4.90 Å². The Bertz CT molecular complexity index is 1110. The van der Waals surface area contributed by atoms with Gasteiger partial charge in [-0.05, 0) is 42.3 Å². The topological polar surface area (TPSA) is 92.6 Å². The SMILES string of the molecule is CCOc1ccc(C([O-])=C2C(=O)C(=O)N(CC[NH+](C)C)C2c2ccc(OC)c(OC)c2)cc1Cl. The van der Waals surface area contributed by atoms with E-state index in [1.54, 1.807) is 30.3 Å². The standard InChI is InChI=1S/C25H29ClN2O6/c1-6-34-18-9-8-16(13-17(18)26)23(29)21-22(15-7-10-19(32-4)20(14-15)33-5)28(12-11-27(2)3)25(31)24(21)30/h7-10,13-14,22,29H,6,11-12H2,1-5H3. The number of rotatable bonds is 9. The molecule has 1 fully saturated rings. The van der Waals surface area contributed by atoms with E-state index < -0.39 is 23.5 Å². The summed E-state index contributed by atoms with van der Waals surface area (Å²) in [6.45, 7) is 3.14. The predicted molar refractivity (Wildman–Crippen MR) is 126 cm³/mol. The Morgan fingerprint density at radius 2 is 1.74 bits per heavy atom. The molecule has 1 aliphatic rings. The summed E-state index contributed by atoms with van der Waals surface area (Å²) in [7, 11) is 6.91. The Labute approximate surface area is 204 Å². The molecule has 8 nitrogen and oxygen atoms in total. The lowest BCUT2D eigenvalue weighted by atomic mass is 9.95. The van der Waals surface area contributed by atoms with Crippen LogP contribution in [0.2, 0.25) is 5.02 Å². The number of hydrogen-bond donors (Lipinski definition) is 1. The van der Waals surface area contributed by atoms with Crippen LogP contribution in [0.5, 0.6) is 17.2 Å². The van der Waals surface area contributed by atoms with E-state index >= 15 is 0 Å². The normalized spacial score (nSPS) is 17.4. The number of carbonyl (C=O) groups is 2. The Balaban J connectivity index is 2.17. The highest BCUT2D eigenvalue weighted by molar-refractivity contribution is 6.46. The van der Waals surface area contributed by atoms with Crippen LogP contribution in [0.4, 0.5) is 0 Å². The smallest absolute Gasteiger partial charge is 0.295 e. The fraction of sp³-hybridized carbons (Fsp3) is 0.360. The van der Waals surface area contributed by atoms with E-state index in [2.05, 4.69) is 0 Å². The van der Waals surface area contributed by atoms with Gasteiger partial charge in [0.15, 0.2) is 11.5 Å². The van der Waals surface area contributed by atoms with Gasteiger partial charge in [-0.15, -0.1) is 0 Å². The largest absolute Gasteiger partial charge is 0.872 e. The number of halogens is 1. The number of nitrogens with one attached hydrogen (secondary N) is 1. The molecule has 2 aromatic rings. The summed E-state index contributed by atoms with van der Waals surface area (Å²) in [6, 6.07) is 8.82. The monoisotopic (exact) mass is 488 g/mol. The lowest BCUT2D eigenvalue weighted by Crippen LogP contribution is -3.06. The number of amides is 1. The van der Waals surface area contributed by atoms with Crippen molar-refractivity contribution >= 4 is 29.1 Å². The van der Waals surface area contributed by atoms with Crippen LogP contribution in [0.15, 0.2) is 42.0 Å². The van der Waals surface area contributed by atoms with E-state index in [9.17, 15) is 14.7 Å². The number of quaternary nitrogens is 1. The van der Waals surface area contributed by atoms with Crippen LogP contribution < -0.4 is 24.2 Å². The van der Waals surface area contributed by atoms with Crippen LogP contribution in [-0.2, 0) is 9.59 Å². The maximum Gasteiger partial charge on any atom is 0.295 e. The van der Waals surface area contributed by atoms with E-state index in [4.69, 9.17) is 25.8 Å². The summed E-state index contributed by atoms with van der Waals surface area (Å²) in [6.07, 6.45) is 0. The molecule has 9 heteroatoms. The van der Waals surface area contributed by atoms with Crippen molar-refractivity contribution in [3.8, 4) is 17.2 Å². The van der Waals surface area contributed by atoms with Crippen LogP contribution in [-0.4, -0.2) is 64.6 Å². The number of Topliss-reactive ketones (excluding diaryl/α,β-unsaturated/α-hetero) is 1. The molecule has 1 atom stereocenters. The first-order valence-electron chi connectivity index (χ1n) is 10.9. The summed E-state index contributed by atoms with van der Waals surface area (Å²) < 4.78 is 16.2. The van der Waals surface area contributed by atoms with E-state index in [1.807, 2.05) is 21.0 Å². The van der Waals surface area contributed by atoms with Gasteiger partial charge in [0, 0.05) is 5.57 Å². The van der Waals surface area contributed by atoms with Gasteiger partial charge in [-0.1, -0.05) is 29.5 Å². The number of nitrogens with zero attached hydrogens (tertiary/aromatic N) is 1. The first kappa shape index (κ1) is 25.4. The van der Waals surface area contributed by atoms with Gasteiger partial charge in [0.05, 0.1) is 59.1 Å². The number of hydrogen-bond acceptors (Lipinski definition) is 6. The van der Waals surface area contributed by atoms with Gasteiger partial charge in [-0.3, -0.25) is 9.59 Å². The van der Waals surface area contributed by atoms with Gasteiger partial charge in [-0.2, -0.15) is 0 Å². The molecule has 3 rings (SSSR count). The molecule has 0 bridgehead atoms. The summed E-state index contributed by atoms with van der Waals surface area (Å²) in [4.78, 5) is 28.7. The molecule has 1 aliphatic heterocycles. The van der Waals surface area contributed by atoms with Crippen molar-refractivity contribution in [2.75, 3.05) is 48.0 Å². The lowest BCUT2D eigenvalue weighted by Gasteiger charge is -2.28. The van der Waals surface area contributed by atoms with Gasteiger partial charge in [0.2, 0.25) is 5.78 Å². The van der Waals surface area contributed by atoms with Crippen molar-refractivity contribution in [1.29, 1.82) is 0 Å². The van der Waals surface area contributed by atoms with Gasteiger partial charge < -0.3 is 29.1 Å². The highest BCUT2D eigenvalue weighted by atomic mass is 35.5. The Hall–Kier alpha value is -3.23. The maximum atomic E-state index is 13.6. The molecular formula is C25H29ClN2O6. The number of carbonyl (C=O) groups excluding carboxylic acids is 2. The number of benzene rings is 2. The van der Waals surface area contributed by atoms with Crippen molar-refractivity contribution < 1.29 is 33.8 Å². The summed E-state index contributed by atoms with van der Waals surface area (Å²) in [5, 5.41) is 13.8. The third-order valence-corrected chi connectivity index (χ3v) is 5.89. The first-order valence-corrected chi connectivity index (χ1v) is 11.3. The molecule has 0 saturated carbocycles. The minimum Gasteiger partial charge on any atom is -0.872 e. The second kappa shape index (κ2) is 10.8. The molecule has 0 spiro atoms. The second-order valence-corrected chi connectivity index (χ2v) is 8.53. The van der Waals surface area contributed by atoms with Gasteiger partial charge in [-0.25, -0.2) is 0 Å². The molecule has 1 amide bonds. The molecule has 1 unspecified atom stereocenters. The van der Waals surface area contributed by atoms with Crippen LogP contribution >= 0.6 is 11.6 Å². The van der Waals surface area contributed by atoms with E-state index in [0.29, 0.717) is 42.5 Å². The predicted octanol–water partition coefficient (Wildman–Crippen LogP) is 1.12. The van der Waals surface area contributed by atoms with Crippen LogP contribution in [0.25, 0.3) is 5.76 Å². The fourth-order valence-corrected chi connectivity index (χ4v) is 4.12. The molecule has 182 valence electrons. The number of ketones is 1. The average Bonchev–Trinajstić information content (AvgIpc) is 3.07. The second-order valence-electron chi connectivity index (χ2n) is 8.12. The third kappa shape index (κ3) is 4.98. The molecule has 1 N–H and O–H groups in total. The van der Waals surface area contributed by atoms with Crippen LogP contribution in [0.3, 0.4) is 0 Å². The molecule has 0 aliphatic carbocycles. The number of likely N-dealkylation sites (tertiary alicyclic amines) is 1. The Kier molecular flexibility index (Phi) is 8.06. The molecule has 0 radical (unpaired) electrons. The maximum absolute atomic E-state index is 13.6. The van der Waals surface area contributed by atoms with E-state index in [-0.39, 0.29) is 16.2 Å². The highest BCUT2D eigenvalue weighted by Crippen LogP contribution is 2.41. The van der Waals surface area contributed by atoms with Crippen molar-refractivity contribution in [3.63, 3.8) is 0 Å². The highest BCUT2D eigenvalue weighted by Gasteiger charge is 2.44. The van der Waals surface area contributed by atoms with Crippen LogP contribution in [0.1, 0.15) is 24.1 Å². The lowest BCUT2D eigenvalue weighted by molar-refractivity contribution is -0.857. The van der Waals surface area contributed by atoms with Crippen LogP contribution in [0, 0.1) is 0 Å². The molecular weight excluding hydrogens is 460 g/mol. The molecule has 1 heterocycles. The number of likely N-dealkylation sites (N-methyl/N-ethyl adjacent to an activating group) is 1. The summed E-state index contributed by atoms with van der Waals surface area (Å²) in [5.41, 5.74) is 0.660. The Morgan fingerprint density at radius 1 is 1.06 bits per heavy atom. The average molecular weight is 489 g/mol. The first-order chi connectivity index (χ1) is 16.2. The zero-order valence-corrected chi connectivity index (χ0v) is 20.7. The quantitative estimate of drug-likeness (QED) is 0.323. The van der Waals surface area contributed by atoms with Gasteiger partial charge in [0.25, 0.3) is 5.91 Å². The van der Waals surface area contributed by atoms with Gasteiger partial charge >= 0.3 is 0 Å². The van der Waals surface area contributed by atoms with Crippen molar-refractivity contribution in [3.05, 3.63) is 58.1 Å². The van der Waals surface area contributed by atoms with E-state index in [1.165, 1.54) is 25.2 Å². The number of ether oxygens (including phenoxy) is 3. The zero-order valence-electron chi connectivity index (χ0n) is 19.9. The van der Waals surface area contributed by atoms with Crippen molar-refractivity contribution in [2.24, 2.45) is 0 Å². The molecule has 0 aromatic heterocycles. The fourth-order valence-electron chi connectivity index (χ4n) is 3.88. The molecule has 1 saturated heterocycles. The molecule has 2 aromatic carbocycles. The minimum atomic E-state index is -0.864. The third-order valence-electron chi connectivity index (χ3n) is 5.60. The van der Waals surface area contributed by atoms with Crippen molar-refractivity contribution in [1.82, 2.24) is 4.90 Å². The Morgan fingerprint density at radius 3 is 2.32 bits per heavy atom. The number of methoxy groups -OCH3 is 2. The van der Waals surface area contributed by atoms with Gasteiger partial charge in [0.1, 0.15) is 5.75 Å². The zero-order chi connectivity index (χ0) is 25.0.